The Labute approximate surface area is 138 Å². The largest absolute Gasteiger partial charge is 0.463 e. The fourth-order valence-electron chi connectivity index (χ4n) is 2.35. The second-order valence-electron chi connectivity index (χ2n) is 6.56. The number of esters is 1. The summed E-state index contributed by atoms with van der Waals surface area (Å²) in [5, 5.41) is 0. The lowest BCUT2D eigenvalue weighted by molar-refractivity contribution is -0.137. The third-order valence-corrected chi connectivity index (χ3v) is 6.69. The summed E-state index contributed by atoms with van der Waals surface area (Å²) in [5.41, 5.74) is 0. The third kappa shape index (κ3) is 14.3. The van der Waals surface area contributed by atoms with Gasteiger partial charge < -0.3 is 9.16 Å². The first-order valence-electron chi connectivity index (χ1n) is 8.86. The summed E-state index contributed by atoms with van der Waals surface area (Å²) in [7, 11) is 0.530. The maximum Gasteiger partial charge on any atom is 0.330 e. The molecule has 0 aliphatic carbocycles. The molecule has 22 heavy (non-hydrogen) atoms. The summed E-state index contributed by atoms with van der Waals surface area (Å²) in [6, 6.07) is 1.29. The van der Waals surface area contributed by atoms with E-state index in [9.17, 15) is 4.79 Å². The van der Waals surface area contributed by atoms with Crippen molar-refractivity contribution in [1.29, 1.82) is 0 Å². The topological polar surface area (TPSA) is 35.5 Å². The number of carbonyl (C=O) groups excluding carboxylic acids is 1. The molecule has 0 aromatic heterocycles. The SMILES string of the molecule is CC=CC(=O)OCCCCCCCCCCC[Si](C)(C)OC. The molecule has 0 aliphatic rings. The van der Waals surface area contributed by atoms with E-state index in [-0.39, 0.29) is 5.97 Å². The van der Waals surface area contributed by atoms with Crippen molar-refractivity contribution in [2.45, 2.75) is 83.8 Å². The Morgan fingerprint density at radius 1 is 0.909 bits per heavy atom. The first-order valence-corrected chi connectivity index (χ1v) is 12.0. The molecule has 0 fully saturated rings. The van der Waals surface area contributed by atoms with Crippen LogP contribution in [0.1, 0.15) is 64.7 Å². The minimum absolute atomic E-state index is 0.220. The molecule has 4 heteroatoms. The van der Waals surface area contributed by atoms with Crippen molar-refractivity contribution in [1.82, 2.24) is 0 Å². The summed E-state index contributed by atoms with van der Waals surface area (Å²) >= 11 is 0. The molecule has 0 saturated heterocycles. The van der Waals surface area contributed by atoms with E-state index in [0.29, 0.717) is 6.61 Å². The quantitative estimate of drug-likeness (QED) is 0.184. The molecule has 0 saturated carbocycles. The van der Waals surface area contributed by atoms with E-state index in [1.165, 1.54) is 57.1 Å². The average Bonchev–Trinajstić information content (AvgIpc) is 2.48. The molecule has 0 radical (unpaired) electrons. The van der Waals surface area contributed by atoms with Crippen LogP contribution in [0.3, 0.4) is 0 Å². The highest BCUT2D eigenvalue weighted by Gasteiger charge is 2.18. The Kier molecular flexibility index (Phi) is 13.6. The van der Waals surface area contributed by atoms with Crippen LogP contribution in [0.25, 0.3) is 0 Å². The summed E-state index contributed by atoms with van der Waals surface area (Å²) < 4.78 is 10.6. The monoisotopic (exact) mass is 328 g/mol. The highest BCUT2D eigenvalue weighted by molar-refractivity contribution is 6.71. The van der Waals surface area contributed by atoms with Gasteiger partial charge in [0, 0.05) is 13.2 Å². The molecule has 0 aromatic carbocycles. The highest BCUT2D eigenvalue weighted by Crippen LogP contribution is 2.16. The van der Waals surface area contributed by atoms with Crippen molar-refractivity contribution in [3.05, 3.63) is 12.2 Å². The van der Waals surface area contributed by atoms with E-state index in [2.05, 4.69) is 13.1 Å². The van der Waals surface area contributed by atoms with Crippen molar-refractivity contribution in [3.63, 3.8) is 0 Å². The van der Waals surface area contributed by atoms with Crippen molar-refractivity contribution < 1.29 is 14.0 Å². The van der Waals surface area contributed by atoms with Gasteiger partial charge in [-0.3, -0.25) is 0 Å². The minimum Gasteiger partial charge on any atom is -0.463 e. The predicted octanol–water partition coefficient (Wildman–Crippen LogP) is 5.47. The van der Waals surface area contributed by atoms with E-state index < -0.39 is 8.32 Å². The Balaban J connectivity index is 3.19. The van der Waals surface area contributed by atoms with Crippen molar-refractivity contribution in [2.75, 3.05) is 13.7 Å². The number of allylic oxidation sites excluding steroid dienone is 1. The third-order valence-electron chi connectivity index (χ3n) is 4.02. The molecule has 0 aliphatic heterocycles. The van der Waals surface area contributed by atoms with E-state index in [4.69, 9.17) is 9.16 Å². The van der Waals surface area contributed by atoms with Gasteiger partial charge in [0.25, 0.3) is 0 Å². The lowest BCUT2D eigenvalue weighted by Crippen LogP contribution is -2.27. The van der Waals surface area contributed by atoms with Crippen LogP contribution in [0.2, 0.25) is 19.1 Å². The zero-order chi connectivity index (χ0) is 16.7. The maximum atomic E-state index is 11.1. The van der Waals surface area contributed by atoms with Crippen LogP contribution >= 0.6 is 0 Å². The van der Waals surface area contributed by atoms with E-state index in [0.717, 1.165) is 12.8 Å². The van der Waals surface area contributed by atoms with E-state index in [1.807, 2.05) is 14.0 Å². The molecule has 0 heterocycles. The van der Waals surface area contributed by atoms with Gasteiger partial charge in [0.05, 0.1) is 6.61 Å². The first kappa shape index (κ1) is 21.4. The van der Waals surface area contributed by atoms with Crippen LogP contribution in [0.15, 0.2) is 12.2 Å². The van der Waals surface area contributed by atoms with Gasteiger partial charge in [-0.25, -0.2) is 4.79 Å². The molecular formula is C18H36O3Si. The summed E-state index contributed by atoms with van der Waals surface area (Å²) in [6.45, 7) is 6.97. The molecule has 0 N–H and O–H groups in total. The van der Waals surface area contributed by atoms with Crippen molar-refractivity contribution >= 4 is 14.3 Å². The average molecular weight is 329 g/mol. The van der Waals surface area contributed by atoms with Crippen LogP contribution in [0.4, 0.5) is 0 Å². The summed E-state index contributed by atoms with van der Waals surface area (Å²) in [4.78, 5) is 11.1. The van der Waals surface area contributed by atoms with Crippen LogP contribution in [-0.4, -0.2) is 28.0 Å². The molecule has 0 spiro atoms. The predicted molar refractivity (Wildman–Crippen MR) is 96.6 cm³/mol. The molecular weight excluding hydrogens is 292 g/mol. The minimum atomic E-state index is -1.32. The van der Waals surface area contributed by atoms with Crippen LogP contribution < -0.4 is 0 Å². The maximum absolute atomic E-state index is 11.1. The molecule has 130 valence electrons. The lowest BCUT2D eigenvalue weighted by atomic mass is 10.1. The smallest absolute Gasteiger partial charge is 0.330 e. The summed E-state index contributed by atoms with van der Waals surface area (Å²) in [6.07, 6.45) is 14.6. The van der Waals surface area contributed by atoms with Gasteiger partial charge in [-0.2, -0.15) is 0 Å². The van der Waals surface area contributed by atoms with Gasteiger partial charge in [0.15, 0.2) is 8.32 Å². The van der Waals surface area contributed by atoms with Crippen molar-refractivity contribution in [3.8, 4) is 0 Å². The van der Waals surface area contributed by atoms with Crippen LogP contribution in [0.5, 0.6) is 0 Å². The molecule has 0 amide bonds. The number of rotatable bonds is 14. The number of hydrogen-bond acceptors (Lipinski definition) is 3. The molecule has 0 bridgehead atoms. The van der Waals surface area contributed by atoms with Gasteiger partial charge >= 0.3 is 5.97 Å². The molecule has 3 nitrogen and oxygen atoms in total. The van der Waals surface area contributed by atoms with Crippen LogP contribution in [-0.2, 0) is 14.0 Å². The summed E-state index contributed by atoms with van der Waals surface area (Å²) in [5.74, 6) is -0.220. The van der Waals surface area contributed by atoms with Gasteiger partial charge in [-0.05, 0) is 32.5 Å². The fourth-order valence-corrected chi connectivity index (χ4v) is 3.65. The second kappa shape index (κ2) is 14.0. The number of unbranched alkanes of at least 4 members (excludes halogenated alkanes) is 8. The second-order valence-corrected chi connectivity index (χ2v) is 11.0. The Bertz CT molecular complexity index is 301. The molecule has 0 unspecified atom stereocenters. The van der Waals surface area contributed by atoms with E-state index in [1.54, 1.807) is 6.08 Å². The zero-order valence-corrected chi connectivity index (χ0v) is 16.2. The molecule has 0 rings (SSSR count). The van der Waals surface area contributed by atoms with Crippen LogP contribution in [0, 0.1) is 0 Å². The number of hydrogen-bond donors (Lipinski definition) is 0. The zero-order valence-electron chi connectivity index (χ0n) is 15.2. The van der Waals surface area contributed by atoms with Gasteiger partial charge in [0.1, 0.15) is 0 Å². The van der Waals surface area contributed by atoms with Crippen molar-refractivity contribution in [2.24, 2.45) is 0 Å². The Morgan fingerprint density at radius 3 is 1.91 bits per heavy atom. The number of ether oxygens (including phenoxy) is 1. The van der Waals surface area contributed by atoms with Gasteiger partial charge in [-0.15, -0.1) is 0 Å². The van der Waals surface area contributed by atoms with Gasteiger partial charge in [-0.1, -0.05) is 57.4 Å². The first-order chi connectivity index (χ1) is 10.5. The standard InChI is InChI=1S/C18H36O3Si/c1-5-15-18(19)21-16-13-11-9-7-6-8-10-12-14-17-22(3,4)20-2/h5,15H,6-14,16-17H2,1-4H3. The fraction of sp³-hybridized carbons (Fsp3) is 0.833. The highest BCUT2D eigenvalue weighted by atomic mass is 28.4. The Hall–Kier alpha value is -0.613. The number of carbonyl (C=O) groups is 1. The van der Waals surface area contributed by atoms with Gasteiger partial charge in [0.2, 0.25) is 0 Å². The molecule has 0 aromatic rings. The normalized spacial score (nSPS) is 12.0. The van der Waals surface area contributed by atoms with E-state index >= 15 is 0 Å². The Morgan fingerprint density at radius 2 is 1.41 bits per heavy atom. The molecule has 0 atom stereocenters. The lowest BCUT2D eigenvalue weighted by Gasteiger charge is -2.19.